The Labute approximate surface area is 110 Å². The van der Waals surface area contributed by atoms with E-state index in [-0.39, 0.29) is 5.54 Å². The molecule has 3 rings (SSSR count). The quantitative estimate of drug-likeness (QED) is 0.838. The zero-order valence-electron chi connectivity index (χ0n) is 11.3. The van der Waals surface area contributed by atoms with E-state index < -0.39 is 5.97 Å². The van der Waals surface area contributed by atoms with Crippen LogP contribution in [0.1, 0.15) is 64.2 Å². The van der Waals surface area contributed by atoms with Gasteiger partial charge < -0.3 is 5.11 Å². The molecule has 3 nitrogen and oxygen atoms in total. The molecule has 1 saturated heterocycles. The Balaban J connectivity index is 1.61. The van der Waals surface area contributed by atoms with E-state index in [0.717, 1.165) is 12.8 Å². The molecule has 1 spiro atoms. The van der Waals surface area contributed by atoms with Crippen molar-refractivity contribution in [3.05, 3.63) is 0 Å². The summed E-state index contributed by atoms with van der Waals surface area (Å²) in [6, 6.07) is 0. The minimum Gasteiger partial charge on any atom is -0.481 e. The zero-order chi connectivity index (χ0) is 12.6. The van der Waals surface area contributed by atoms with Crippen molar-refractivity contribution in [1.29, 1.82) is 0 Å². The van der Waals surface area contributed by atoms with Crippen molar-refractivity contribution in [2.75, 3.05) is 13.1 Å². The van der Waals surface area contributed by atoms with Crippen molar-refractivity contribution in [3.8, 4) is 0 Å². The third-order valence-electron chi connectivity index (χ3n) is 5.65. The molecule has 102 valence electrons. The standard InChI is InChI=1S/C15H25NO2/c17-13(18)10-15(8-5-9-15)16-11-14(12-16)6-3-1-2-4-7-14/h1-12H2,(H,17,18). The summed E-state index contributed by atoms with van der Waals surface area (Å²) < 4.78 is 0. The van der Waals surface area contributed by atoms with Crippen LogP contribution in [0.5, 0.6) is 0 Å². The Morgan fingerprint density at radius 3 is 2.00 bits per heavy atom. The summed E-state index contributed by atoms with van der Waals surface area (Å²) in [4.78, 5) is 13.6. The fourth-order valence-electron chi connectivity index (χ4n) is 4.36. The van der Waals surface area contributed by atoms with E-state index >= 15 is 0 Å². The normalized spacial score (nSPS) is 30.2. The number of likely N-dealkylation sites (tertiary alicyclic amines) is 1. The predicted molar refractivity (Wildman–Crippen MR) is 70.5 cm³/mol. The van der Waals surface area contributed by atoms with Gasteiger partial charge in [0.05, 0.1) is 6.42 Å². The number of aliphatic carboxylic acids is 1. The summed E-state index contributed by atoms with van der Waals surface area (Å²) in [6.07, 6.45) is 12.1. The summed E-state index contributed by atoms with van der Waals surface area (Å²) >= 11 is 0. The second kappa shape index (κ2) is 4.52. The molecule has 3 heteroatoms. The molecule has 0 unspecified atom stereocenters. The molecular weight excluding hydrogens is 226 g/mol. The van der Waals surface area contributed by atoms with Gasteiger partial charge in [-0.05, 0) is 37.5 Å². The summed E-state index contributed by atoms with van der Waals surface area (Å²) in [5.41, 5.74) is 0.612. The minimum atomic E-state index is -0.614. The van der Waals surface area contributed by atoms with Crippen LogP contribution in [0.2, 0.25) is 0 Å². The van der Waals surface area contributed by atoms with Crippen molar-refractivity contribution in [3.63, 3.8) is 0 Å². The number of rotatable bonds is 3. The Morgan fingerprint density at radius 1 is 0.944 bits per heavy atom. The van der Waals surface area contributed by atoms with E-state index in [1.807, 2.05) is 0 Å². The lowest BCUT2D eigenvalue weighted by Gasteiger charge is -2.61. The van der Waals surface area contributed by atoms with Crippen molar-refractivity contribution >= 4 is 5.97 Å². The molecule has 2 saturated carbocycles. The summed E-state index contributed by atoms with van der Waals surface area (Å²) in [5, 5.41) is 9.10. The van der Waals surface area contributed by atoms with Gasteiger partial charge in [0.25, 0.3) is 0 Å². The van der Waals surface area contributed by atoms with Crippen LogP contribution in [0.15, 0.2) is 0 Å². The molecule has 3 fully saturated rings. The lowest BCUT2D eigenvalue weighted by molar-refractivity contribution is -0.154. The second-order valence-corrected chi connectivity index (χ2v) is 6.92. The first-order valence-corrected chi connectivity index (χ1v) is 7.61. The van der Waals surface area contributed by atoms with E-state index in [1.165, 1.54) is 58.0 Å². The molecule has 2 aliphatic carbocycles. The van der Waals surface area contributed by atoms with Crippen molar-refractivity contribution in [2.24, 2.45) is 5.41 Å². The van der Waals surface area contributed by atoms with E-state index in [0.29, 0.717) is 11.8 Å². The molecule has 0 aromatic carbocycles. The van der Waals surface area contributed by atoms with Gasteiger partial charge in [-0.1, -0.05) is 25.7 Å². The van der Waals surface area contributed by atoms with Crippen LogP contribution in [-0.2, 0) is 4.79 Å². The number of carboxylic acid groups (broad SMARTS) is 1. The molecule has 0 amide bonds. The molecule has 1 heterocycles. The van der Waals surface area contributed by atoms with E-state index in [2.05, 4.69) is 4.90 Å². The summed E-state index contributed by atoms with van der Waals surface area (Å²) in [6.45, 7) is 2.36. The van der Waals surface area contributed by atoms with Crippen LogP contribution in [0, 0.1) is 5.41 Å². The maximum atomic E-state index is 11.0. The maximum absolute atomic E-state index is 11.0. The van der Waals surface area contributed by atoms with Crippen molar-refractivity contribution < 1.29 is 9.90 Å². The smallest absolute Gasteiger partial charge is 0.305 e. The largest absolute Gasteiger partial charge is 0.481 e. The fourth-order valence-corrected chi connectivity index (χ4v) is 4.36. The van der Waals surface area contributed by atoms with Crippen LogP contribution < -0.4 is 0 Å². The summed E-state index contributed by atoms with van der Waals surface area (Å²) in [7, 11) is 0. The molecule has 1 N–H and O–H groups in total. The lowest BCUT2D eigenvalue weighted by atomic mass is 9.65. The molecule has 0 bridgehead atoms. The van der Waals surface area contributed by atoms with Crippen molar-refractivity contribution in [1.82, 2.24) is 4.90 Å². The van der Waals surface area contributed by atoms with Gasteiger partial charge in [0.1, 0.15) is 0 Å². The van der Waals surface area contributed by atoms with Gasteiger partial charge in [0, 0.05) is 18.6 Å². The molecule has 0 radical (unpaired) electrons. The Bertz CT molecular complexity index is 319. The fraction of sp³-hybridized carbons (Fsp3) is 0.933. The number of carbonyl (C=O) groups is 1. The lowest BCUT2D eigenvalue weighted by Crippen LogP contribution is -2.68. The first kappa shape index (κ1) is 12.5. The van der Waals surface area contributed by atoms with Gasteiger partial charge >= 0.3 is 5.97 Å². The van der Waals surface area contributed by atoms with Crippen LogP contribution >= 0.6 is 0 Å². The topological polar surface area (TPSA) is 40.5 Å². The molecule has 3 aliphatic rings. The van der Waals surface area contributed by atoms with Gasteiger partial charge in [-0.2, -0.15) is 0 Å². The Morgan fingerprint density at radius 2 is 1.56 bits per heavy atom. The van der Waals surface area contributed by atoms with Crippen LogP contribution in [0.25, 0.3) is 0 Å². The first-order valence-electron chi connectivity index (χ1n) is 7.61. The van der Waals surface area contributed by atoms with E-state index in [4.69, 9.17) is 5.11 Å². The third-order valence-corrected chi connectivity index (χ3v) is 5.65. The molecule has 1 aliphatic heterocycles. The van der Waals surface area contributed by atoms with Gasteiger partial charge in [0.15, 0.2) is 0 Å². The predicted octanol–water partition coefficient (Wildman–Crippen LogP) is 3.04. The van der Waals surface area contributed by atoms with Crippen LogP contribution in [-0.4, -0.2) is 34.6 Å². The highest BCUT2D eigenvalue weighted by atomic mass is 16.4. The molecule has 0 aromatic heterocycles. The minimum absolute atomic E-state index is 0.0450. The maximum Gasteiger partial charge on any atom is 0.305 e. The number of carboxylic acids is 1. The van der Waals surface area contributed by atoms with Crippen LogP contribution in [0.3, 0.4) is 0 Å². The van der Waals surface area contributed by atoms with Gasteiger partial charge in [-0.3, -0.25) is 9.69 Å². The zero-order valence-corrected chi connectivity index (χ0v) is 11.3. The average Bonchev–Trinajstić information content (AvgIpc) is 2.46. The van der Waals surface area contributed by atoms with Crippen LogP contribution in [0.4, 0.5) is 0 Å². The second-order valence-electron chi connectivity index (χ2n) is 6.92. The number of hydrogen-bond donors (Lipinski definition) is 1. The molecule has 18 heavy (non-hydrogen) atoms. The summed E-state index contributed by atoms with van der Waals surface area (Å²) in [5.74, 6) is -0.614. The average molecular weight is 251 g/mol. The van der Waals surface area contributed by atoms with Gasteiger partial charge in [-0.15, -0.1) is 0 Å². The Kier molecular flexibility index (Phi) is 3.13. The Hall–Kier alpha value is -0.570. The highest BCUT2D eigenvalue weighted by Gasteiger charge is 2.53. The van der Waals surface area contributed by atoms with E-state index in [9.17, 15) is 4.79 Å². The van der Waals surface area contributed by atoms with E-state index in [1.54, 1.807) is 0 Å². The highest BCUT2D eigenvalue weighted by molar-refractivity contribution is 5.68. The SMILES string of the molecule is O=C(O)CC1(N2CC3(CCCCCC3)C2)CCC1. The third kappa shape index (κ3) is 2.07. The number of nitrogens with zero attached hydrogens (tertiary/aromatic N) is 1. The molecular formula is C15H25NO2. The highest BCUT2D eigenvalue weighted by Crippen LogP contribution is 2.51. The first-order chi connectivity index (χ1) is 8.64. The van der Waals surface area contributed by atoms with Gasteiger partial charge in [0.2, 0.25) is 0 Å². The monoisotopic (exact) mass is 251 g/mol. The van der Waals surface area contributed by atoms with Gasteiger partial charge in [-0.25, -0.2) is 0 Å². The van der Waals surface area contributed by atoms with Crippen molar-refractivity contribution in [2.45, 2.75) is 69.7 Å². The number of hydrogen-bond acceptors (Lipinski definition) is 2. The molecule has 0 aromatic rings. The molecule has 0 atom stereocenters.